The highest BCUT2D eigenvalue weighted by Crippen LogP contribution is 2.30. The highest BCUT2D eigenvalue weighted by atomic mass is 19.1. The lowest BCUT2D eigenvalue weighted by atomic mass is 9.89. The van der Waals surface area contributed by atoms with Gasteiger partial charge in [-0.1, -0.05) is 18.9 Å². The zero-order valence-electron chi connectivity index (χ0n) is 12.0. The fourth-order valence-corrected chi connectivity index (χ4v) is 3.50. The lowest BCUT2D eigenvalue weighted by molar-refractivity contribution is -0.0976. The largest absolute Gasteiger partial charge is 0.387 e. The average molecular weight is 297 g/mol. The van der Waals surface area contributed by atoms with Gasteiger partial charge in [-0.15, -0.1) is 0 Å². The van der Waals surface area contributed by atoms with Crippen molar-refractivity contribution in [1.29, 1.82) is 0 Å². The zero-order chi connectivity index (χ0) is 14.8. The number of hydrogen-bond acceptors (Lipinski definition) is 3. The first-order valence-electron chi connectivity index (χ1n) is 7.64. The second-order valence-electron chi connectivity index (χ2n) is 5.94. The molecule has 1 saturated carbocycles. The fraction of sp³-hybridized carbons (Fsp3) is 0.625. The molecule has 21 heavy (non-hydrogen) atoms. The van der Waals surface area contributed by atoms with Crippen molar-refractivity contribution in [2.24, 2.45) is 0 Å². The quantitative estimate of drug-likeness (QED) is 0.931. The first-order valence-corrected chi connectivity index (χ1v) is 7.64. The molecule has 5 heteroatoms. The summed E-state index contributed by atoms with van der Waals surface area (Å²) < 4.78 is 32.5. The number of nitrogens with zero attached hydrogens (tertiary/aromatic N) is 1. The number of hydrogen-bond donors (Lipinski definition) is 1. The maximum Gasteiger partial charge on any atom is 0.131 e. The molecule has 1 heterocycles. The Labute approximate surface area is 123 Å². The van der Waals surface area contributed by atoms with Gasteiger partial charge in [0.2, 0.25) is 0 Å². The number of ether oxygens (including phenoxy) is 1. The molecule has 0 radical (unpaired) electrons. The third kappa shape index (κ3) is 3.25. The molecule has 3 rings (SSSR count). The molecule has 1 N–H and O–H groups in total. The molecule has 0 unspecified atom stereocenters. The Morgan fingerprint density at radius 1 is 1.29 bits per heavy atom. The zero-order valence-corrected chi connectivity index (χ0v) is 12.0. The lowest BCUT2D eigenvalue weighted by Gasteiger charge is -2.44. The Bertz CT molecular complexity index is 495. The van der Waals surface area contributed by atoms with Gasteiger partial charge < -0.3 is 9.84 Å². The van der Waals surface area contributed by atoms with Crippen molar-refractivity contribution in [2.45, 2.75) is 43.9 Å². The number of β-amino-alcohol motifs (C(OH)–C–C–N with tert-alkyl or cyclic N) is 1. The van der Waals surface area contributed by atoms with Crippen LogP contribution in [0.2, 0.25) is 0 Å². The van der Waals surface area contributed by atoms with E-state index < -0.39 is 17.7 Å². The van der Waals surface area contributed by atoms with Gasteiger partial charge >= 0.3 is 0 Å². The van der Waals surface area contributed by atoms with Gasteiger partial charge in [-0.2, -0.15) is 0 Å². The predicted octanol–water partition coefficient (Wildman–Crippen LogP) is 2.64. The molecule has 1 aliphatic heterocycles. The van der Waals surface area contributed by atoms with Crippen molar-refractivity contribution < 1.29 is 18.6 Å². The molecule has 0 bridgehead atoms. The van der Waals surface area contributed by atoms with E-state index in [2.05, 4.69) is 4.90 Å². The molecule has 2 aliphatic rings. The molecule has 0 spiro atoms. The molecule has 0 aromatic heterocycles. The Balaban J connectivity index is 1.69. The average Bonchev–Trinajstić information content (AvgIpc) is 2.47. The Morgan fingerprint density at radius 2 is 2.10 bits per heavy atom. The summed E-state index contributed by atoms with van der Waals surface area (Å²) >= 11 is 0. The molecule has 1 aromatic rings. The summed E-state index contributed by atoms with van der Waals surface area (Å²) in [6.07, 6.45) is 3.77. The summed E-state index contributed by atoms with van der Waals surface area (Å²) in [6, 6.07) is 3.64. The van der Waals surface area contributed by atoms with Crippen molar-refractivity contribution in [3.8, 4) is 0 Å². The van der Waals surface area contributed by atoms with E-state index in [-0.39, 0.29) is 11.7 Å². The lowest BCUT2D eigenvalue weighted by Crippen LogP contribution is -2.53. The Morgan fingerprint density at radius 3 is 2.90 bits per heavy atom. The third-order valence-corrected chi connectivity index (χ3v) is 4.58. The molecule has 116 valence electrons. The summed E-state index contributed by atoms with van der Waals surface area (Å²) in [6.45, 7) is 1.77. The van der Waals surface area contributed by atoms with Gasteiger partial charge in [-0.3, -0.25) is 4.90 Å². The van der Waals surface area contributed by atoms with Crippen LogP contribution >= 0.6 is 0 Å². The van der Waals surface area contributed by atoms with Gasteiger partial charge in [0.25, 0.3) is 0 Å². The van der Waals surface area contributed by atoms with Crippen LogP contribution in [0.15, 0.2) is 18.2 Å². The van der Waals surface area contributed by atoms with Crippen LogP contribution in [0.4, 0.5) is 8.78 Å². The Hall–Kier alpha value is -1.04. The van der Waals surface area contributed by atoms with E-state index in [0.29, 0.717) is 19.2 Å². The van der Waals surface area contributed by atoms with E-state index in [9.17, 15) is 13.9 Å². The van der Waals surface area contributed by atoms with Crippen LogP contribution < -0.4 is 0 Å². The number of aliphatic hydroxyl groups is 1. The summed E-state index contributed by atoms with van der Waals surface area (Å²) in [5, 5.41) is 10.3. The maximum atomic E-state index is 13.7. The van der Waals surface area contributed by atoms with Gasteiger partial charge in [-0.05, 0) is 18.9 Å². The van der Waals surface area contributed by atoms with E-state index in [1.54, 1.807) is 0 Å². The summed E-state index contributed by atoms with van der Waals surface area (Å²) in [4.78, 5) is 2.20. The van der Waals surface area contributed by atoms with E-state index in [1.807, 2.05) is 0 Å². The van der Waals surface area contributed by atoms with Gasteiger partial charge in [0, 0.05) is 30.8 Å². The summed E-state index contributed by atoms with van der Waals surface area (Å²) in [5.41, 5.74) is 0.162. The van der Waals surface area contributed by atoms with Crippen LogP contribution in [-0.2, 0) is 4.74 Å². The highest BCUT2D eigenvalue weighted by Gasteiger charge is 2.35. The molecule has 1 saturated heterocycles. The second-order valence-corrected chi connectivity index (χ2v) is 5.94. The second kappa shape index (κ2) is 6.38. The first-order chi connectivity index (χ1) is 10.1. The number of halogens is 2. The van der Waals surface area contributed by atoms with Crippen LogP contribution in [0.25, 0.3) is 0 Å². The number of rotatable bonds is 3. The van der Waals surface area contributed by atoms with Crippen molar-refractivity contribution in [1.82, 2.24) is 4.90 Å². The smallest absolute Gasteiger partial charge is 0.131 e. The van der Waals surface area contributed by atoms with Gasteiger partial charge in [0.1, 0.15) is 11.6 Å². The van der Waals surface area contributed by atoms with E-state index >= 15 is 0 Å². The molecule has 2 fully saturated rings. The molecular weight excluding hydrogens is 276 g/mol. The minimum Gasteiger partial charge on any atom is -0.387 e. The fourth-order valence-electron chi connectivity index (χ4n) is 3.50. The highest BCUT2D eigenvalue weighted by molar-refractivity contribution is 5.21. The predicted molar refractivity (Wildman–Crippen MR) is 74.9 cm³/mol. The minimum atomic E-state index is -0.939. The van der Waals surface area contributed by atoms with Gasteiger partial charge in [0.05, 0.1) is 18.8 Å². The van der Waals surface area contributed by atoms with Crippen LogP contribution in [0.5, 0.6) is 0 Å². The third-order valence-electron chi connectivity index (χ3n) is 4.58. The van der Waals surface area contributed by atoms with Crippen molar-refractivity contribution in [3.05, 3.63) is 35.4 Å². The SMILES string of the molecule is O[C@H](CN1CCO[C@@H]2CCCC[C@@H]21)c1ccc(F)cc1F. The van der Waals surface area contributed by atoms with Crippen LogP contribution in [0, 0.1) is 11.6 Å². The maximum absolute atomic E-state index is 13.7. The Kier molecular flexibility index (Phi) is 4.52. The number of morpholine rings is 1. The molecule has 1 aliphatic carbocycles. The standard InChI is InChI=1S/C16H21F2NO2/c17-11-5-6-12(13(18)9-11)15(20)10-19-7-8-21-16-4-2-1-3-14(16)19/h5-6,9,14-16,20H,1-4,7-8,10H2/t14-,15+,16+/m0/s1. The summed E-state index contributed by atoms with van der Waals surface area (Å²) in [7, 11) is 0. The minimum absolute atomic E-state index is 0.162. The van der Waals surface area contributed by atoms with E-state index in [4.69, 9.17) is 4.74 Å². The van der Waals surface area contributed by atoms with Crippen LogP contribution in [-0.4, -0.2) is 41.8 Å². The van der Waals surface area contributed by atoms with Crippen molar-refractivity contribution in [2.75, 3.05) is 19.7 Å². The normalized spacial score (nSPS) is 28.1. The van der Waals surface area contributed by atoms with E-state index in [0.717, 1.165) is 25.5 Å². The molecule has 3 atom stereocenters. The summed E-state index contributed by atoms with van der Waals surface area (Å²) in [5.74, 6) is -1.31. The van der Waals surface area contributed by atoms with Crippen LogP contribution in [0.1, 0.15) is 37.4 Å². The first kappa shape index (κ1) is 14.9. The molecule has 1 aromatic carbocycles. The molecular formula is C16H21F2NO2. The van der Waals surface area contributed by atoms with Crippen LogP contribution in [0.3, 0.4) is 0 Å². The molecule has 3 nitrogen and oxygen atoms in total. The van der Waals surface area contributed by atoms with Gasteiger partial charge in [-0.25, -0.2) is 8.78 Å². The molecule has 0 amide bonds. The topological polar surface area (TPSA) is 32.7 Å². The van der Waals surface area contributed by atoms with E-state index in [1.165, 1.54) is 25.0 Å². The number of benzene rings is 1. The van der Waals surface area contributed by atoms with Crippen molar-refractivity contribution >= 4 is 0 Å². The number of aliphatic hydroxyl groups excluding tert-OH is 1. The van der Waals surface area contributed by atoms with Gasteiger partial charge in [0.15, 0.2) is 0 Å². The van der Waals surface area contributed by atoms with Crippen molar-refractivity contribution in [3.63, 3.8) is 0 Å². The monoisotopic (exact) mass is 297 g/mol. The number of fused-ring (bicyclic) bond motifs is 1.